The lowest BCUT2D eigenvalue weighted by Gasteiger charge is -2.43. The van der Waals surface area contributed by atoms with E-state index in [-0.39, 0.29) is 28.0 Å². The first kappa shape index (κ1) is 21.0. The van der Waals surface area contributed by atoms with Crippen molar-refractivity contribution in [1.82, 2.24) is 4.98 Å². The van der Waals surface area contributed by atoms with Crippen molar-refractivity contribution in [1.29, 1.82) is 10.5 Å². The van der Waals surface area contributed by atoms with Crippen molar-refractivity contribution in [3.05, 3.63) is 87.2 Å². The molecule has 32 heavy (non-hydrogen) atoms. The van der Waals surface area contributed by atoms with Crippen LogP contribution in [0.3, 0.4) is 0 Å². The average Bonchev–Trinajstić information content (AvgIpc) is 2.76. The third-order valence-electron chi connectivity index (χ3n) is 5.92. The predicted octanol–water partition coefficient (Wildman–Crippen LogP) is 4.57. The fraction of sp³-hybridized carbons (Fsp3) is 0.192. The fourth-order valence-electron chi connectivity index (χ4n) is 4.43. The van der Waals surface area contributed by atoms with Crippen molar-refractivity contribution in [2.75, 3.05) is 10.6 Å². The highest BCUT2D eigenvalue weighted by molar-refractivity contribution is 5.88. The van der Waals surface area contributed by atoms with Gasteiger partial charge in [-0.15, -0.1) is 0 Å². The van der Waals surface area contributed by atoms with Crippen molar-refractivity contribution < 1.29 is 0 Å². The number of nitriles is 2. The van der Waals surface area contributed by atoms with Crippen LogP contribution in [0.5, 0.6) is 0 Å². The van der Waals surface area contributed by atoms with Crippen LogP contribution in [0.4, 0.5) is 11.5 Å². The molecule has 0 saturated carbocycles. The van der Waals surface area contributed by atoms with Gasteiger partial charge in [0.15, 0.2) is 0 Å². The standard InChI is InChI=1S/C26H23N5O/c1-16-12-26(2,3)31(15-17-7-5-4-6-8-17)22-10-9-18(11-19(16)22)23-20(13-27)24(29)30-25(32)21(23)14-28/h4-12H,15H2,1-3H3,(H3,29,30,32). The molecule has 2 heterocycles. The number of benzene rings is 2. The zero-order valence-electron chi connectivity index (χ0n) is 18.2. The van der Waals surface area contributed by atoms with Crippen LogP contribution < -0.4 is 16.2 Å². The number of nitrogen functional groups attached to an aromatic ring is 1. The van der Waals surface area contributed by atoms with Crippen LogP contribution in [0.2, 0.25) is 0 Å². The average molecular weight is 422 g/mol. The molecule has 6 nitrogen and oxygen atoms in total. The van der Waals surface area contributed by atoms with Crippen LogP contribution in [0.1, 0.15) is 43.0 Å². The van der Waals surface area contributed by atoms with Crippen molar-refractivity contribution in [2.45, 2.75) is 32.9 Å². The van der Waals surface area contributed by atoms with Crippen LogP contribution in [0.15, 0.2) is 59.4 Å². The van der Waals surface area contributed by atoms with Gasteiger partial charge in [-0.1, -0.05) is 42.5 Å². The first-order valence-corrected chi connectivity index (χ1v) is 10.3. The van der Waals surface area contributed by atoms with Gasteiger partial charge >= 0.3 is 0 Å². The van der Waals surface area contributed by atoms with E-state index in [4.69, 9.17) is 5.73 Å². The summed E-state index contributed by atoms with van der Waals surface area (Å²) in [5, 5.41) is 19.3. The van der Waals surface area contributed by atoms with E-state index in [1.54, 1.807) is 0 Å². The van der Waals surface area contributed by atoms with Crippen molar-refractivity contribution in [3.63, 3.8) is 0 Å². The minimum atomic E-state index is -0.601. The SMILES string of the molecule is CC1=CC(C)(C)N(Cc2ccccc2)c2ccc(-c3c(C#N)c(N)[nH]c(=O)c3C#N)cc21. The fourth-order valence-corrected chi connectivity index (χ4v) is 4.43. The summed E-state index contributed by atoms with van der Waals surface area (Å²) in [5.74, 6) is -0.0386. The maximum absolute atomic E-state index is 12.3. The second kappa shape index (κ2) is 7.76. The number of hydrogen-bond donors (Lipinski definition) is 2. The zero-order chi connectivity index (χ0) is 23.0. The molecule has 3 aromatic rings. The van der Waals surface area contributed by atoms with Crippen molar-refractivity contribution >= 4 is 17.1 Å². The Morgan fingerprint density at radius 1 is 1.06 bits per heavy atom. The van der Waals surface area contributed by atoms with E-state index in [2.05, 4.69) is 41.9 Å². The monoisotopic (exact) mass is 421 g/mol. The molecular formula is C26H23N5O. The van der Waals surface area contributed by atoms with Gasteiger partial charge < -0.3 is 15.6 Å². The molecule has 0 radical (unpaired) electrons. The molecule has 0 atom stereocenters. The molecule has 158 valence electrons. The van der Waals surface area contributed by atoms with E-state index < -0.39 is 5.56 Å². The third kappa shape index (κ3) is 3.42. The molecule has 0 unspecified atom stereocenters. The number of nitrogens with two attached hydrogens (primary N) is 1. The number of aromatic amines is 1. The highest BCUT2D eigenvalue weighted by atomic mass is 16.1. The van der Waals surface area contributed by atoms with Gasteiger partial charge in [0.05, 0.1) is 5.54 Å². The molecule has 1 aliphatic rings. The zero-order valence-corrected chi connectivity index (χ0v) is 18.2. The number of nitrogens with zero attached hydrogens (tertiary/aromatic N) is 3. The highest BCUT2D eigenvalue weighted by Crippen LogP contribution is 2.42. The number of fused-ring (bicyclic) bond motifs is 1. The number of H-pyrrole nitrogens is 1. The van der Waals surface area contributed by atoms with Crippen LogP contribution in [-0.2, 0) is 6.54 Å². The van der Waals surface area contributed by atoms with Gasteiger partial charge in [0.25, 0.3) is 5.56 Å². The molecule has 1 aromatic heterocycles. The van der Waals surface area contributed by atoms with Crippen molar-refractivity contribution in [2.24, 2.45) is 0 Å². The Balaban J connectivity index is 1.92. The summed E-state index contributed by atoms with van der Waals surface area (Å²) in [6, 6.07) is 20.0. The Kier molecular flexibility index (Phi) is 5.08. The van der Waals surface area contributed by atoms with Gasteiger partial charge in [-0.25, -0.2) is 0 Å². The molecule has 3 N–H and O–H groups in total. The topological polar surface area (TPSA) is 110 Å². The lowest BCUT2D eigenvalue weighted by Crippen LogP contribution is -2.44. The number of allylic oxidation sites excluding steroid dienone is 1. The van der Waals surface area contributed by atoms with Crippen LogP contribution in [0.25, 0.3) is 16.7 Å². The van der Waals surface area contributed by atoms with E-state index in [1.807, 2.05) is 55.5 Å². The molecule has 2 aromatic carbocycles. The predicted molar refractivity (Wildman–Crippen MR) is 127 cm³/mol. The van der Waals surface area contributed by atoms with Crippen LogP contribution >= 0.6 is 0 Å². The summed E-state index contributed by atoms with van der Waals surface area (Å²) in [4.78, 5) is 17.1. The normalized spacial score (nSPS) is 14.2. The minimum absolute atomic E-state index is 0.0386. The molecule has 0 saturated heterocycles. The van der Waals surface area contributed by atoms with Gasteiger partial charge in [-0.05, 0) is 49.6 Å². The van der Waals surface area contributed by atoms with Crippen molar-refractivity contribution in [3.8, 4) is 23.3 Å². The lowest BCUT2D eigenvalue weighted by molar-refractivity contribution is 0.552. The second-order valence-electron chi connectivity index (χ2n) is 8.50. The van der Waals surface area contributed by atoms with Gasteiger partial charge in [0.2, 0.25) is 0 Å². The van der Waals surface area contributed by atoms with Gasteiger partial charge in [-0.2, -0.15) is 10.5 Å². The minimum Gasteiger partial charge on any atom is -0.384 e. The van der Waals surface area contributed by atoms with E-state index in [1.165, 1.54) is 5.56 Å². The van der Waals surface area contributed by atoms with E-state index in [0.29, 0.717) is 5.56 Å². The maximum Gasteiger partial charge on any atom is 0.268 e. The quantitative estimate of drug-likeness (QED) is 0.644. The summed E-state index contributed by atoms with van der Waals surface area (Å²) >= 11 is 0. The van der Waals surface area contributed by atoms with E-state index in [0.717, 1.165) is 23.4 Å². The Morgan fingerprint density at radius 2 is 1.75 bits per heavy atom. The molecule has 0 fully saturated rings. The van der Waals surface area contributed by atoms with E-state index >= 15 is 0 Å². The molecule has 0 aliphatic carbocycles. The largest absolute Gasteiger partial charge is 0.384 e. The number of nitrogens with one attached hydrogen (secondary N) is 1. The molecule has 0 spiro atoms. The molecule has 4 rings (SSSR count). The number of aromatic nitrogens is 1. The molecular weight excluding hydrogens is 398 g/mol. The first-order chi connectivity index (χ1) is 15.3. The van der Waals surface area contributed by atoms with Gasteiger partial charge in [0, 0.05) is 23.4 Å². The number of hydrogen-bond acceptors (Lipinski definition) is 5. The molecule has 6 heteroatoms. The summed E-state index contributed by atoms with van der Waals surface area (Å²) in [7, 11) is 0. The Morgan fingerprint density at radius 3 is 2.41 bits per heavy atom. The molecule has 1 aliphatic heterocycles. The summed E-state index contributed by atoms with van der Waals surface area (Å²) in [6.07, 6.45) is 2.21. The van der Waals surface area contributed by atoms with Crippen LogP contribution in [-0.4, -0.2) is 10.5 Å². The Hall–Kier alpha value is -4.29. The van der Waals surface area contributed by atoms with E-state index in [9.17, 15) is 15.3 Å². The number of pyridine rings is 1. The van der Waals surface area contributed by atoms with Crippen LogP contribution in [0, 0.1) is 22.7 Å². The Labute approximate surface area is 186 Å². The first-order valence-electron chi connectivity index (χ1n) is 10.3. The third-order valence-corrected chi connectivity index (χ3v) is 5.92. The Bertz CT molecular complexity index is 1380. The second-order valence-corrected chi connectivity index (χ2v) is 8.50. The molecule has 0 bridgehead atoms. The summed E-state index contributed by atoms with van der Waals surface area (Å²) in [5.41, 5.74) is 10.3. The van der Waals surface area contributed by atoms with Gasteiger partial charge in [-0.3, -0.25) is 4.79 Å². The molecule has 0 amide bonds. The highest BCUT2D eigenvalue weighted by Gasteiger charge is 2.32. The summed E-state index contributed by atoms with van der Waals surface area (Å²) in [6.45, 7) is 7.13. The smallest absolute Gasteiger partial charge is 0.268 e. The lowest BCUT2D eigenvalue weighted by atomic mass is 9.86. The maximum atomic E-state index is 12.3. The number of anilines is 2. The van der Waals surface area contributed by atoms with Gasteiger partial charge in [0.1, 0.15) is 29.1 Å². The summed E-state index contributed by atoms with van der Waals surface area (Å²) < 4.78 is 0. The number of rotatable bonds is 3.